The van der Waals surface area contributed by atoms with Crippen molar-refractivity contribution in [3.8, 4) is 0 Å². The third-order valence-corrected chi connectivity index (χ3v) is 3.01. The zero-order valence-electron chi connectivity index (χ0n) is 15.0. The first-order valence-electron chi connectivity index (χ1n) is 8.62. The van der Waals surface area contributed by atoms with Crippen LogP contribution in [-0.4, -0.2) is 110 Å². The molecule has 0 aliphatic rings. The quantitative estimate of drug-likeness (QED) is 0.195. The average molecular weight is 433 g/mol. The largest absolute Gasteiger partial charge is 0.394 e. The van der Waals surface area contributed by atoms with Gasteiger partial charge in [0.2, 0.25) is 0 Å². The Kier molecular flexibility index (Phi) is 24.3. The molecule has 0 aliphatic heterocycles. The highest BCUT2D eigenvalue weighted by atomic mass is 79.9. The molecule has 0 atom stereocenters. The van der Waals surface area contributed by atoms with Crippen molar-refractivity contribution in [2.45, 2.75) is 0 Å². The maximum absolute atomic E-state index is 8.51. The molecule has 0 saturated heterocycles. The van der Waals surface area contributed by atoms with Crippen LogP contribution in [0.1, 0.15) is 0 Å². The van der Waals surface area contributed by atoms with E-state index >= 15 is 0 Å². The fraction of sp³-hybridized carbons (Fsp3) is 1.00. The molecule has 9 heteroatoms. The van der Waals surface area contributed by atoms with Crippen molar-refractivity contribution in [1.82, 2.24) is 0 Å². The molecule has 0 spiro atoms. The fourth-order valence-corrected chi connectivity index (χ4v) is 1.77. The van der Waals surface area contributed by atoms with E-state index in [1.54, 1.807) is 0 Å². The van der Waals surface area contributed by atoms with E-state index in [1.165, 1.54) is 0 Å². The number of hydrogen-bond donors (Lipinski definition) is 1. The van der Waals surface area contributed by atoms with Crippen molar-refractivity contribution in [3.05, 3.63) is 0 Å². The Morgan fingerprint density at radius 2 is 0.640 bits per heavy atom. The van der Waals surface area contributed by atoms with Crippen LogP contribution in [0.2, 0.25) is 0 Å². The number of ether oxygens (including phenoxy) is 7. The van der Waals surface area contributed by atoms with Gasteiger partial charge in [0, 0.05) is 5.33 Å². The van der Waals surface area contributed by atoms with Gasteiger partial charge >= 0.3 is 0 Å². The molecule has 0 fully saturated rings. The summed E-state index contributed by atoms with van der Waals surface area (Å²) in [4.78, 5) is 0. The van der Waals surface area contributed by atoms with Gasteiger partial charge in [-0.05, 0) is 0 Å². The molecule has 0 radical (unpaired) electrons. The van der Waals surface area contributed by atoms with Crippen molar-refractivity contribution in [2.24, 2.45) is 0 Å². The molecule has 0 aromatic rings. The van der Waals surface area contributed by atoms with E-state index in [2.05, 4.69) is 15.9 Å². The molecule has 0 bridgehead atoms. The summed E-state index contributed by atoms with van der Waals surface area (Å²) < 4.78 is 37.0. The molecule has 0 aromatic heterocycles. The second-order valence-electron chi connectivity index (χ2n) is 4.70. The maximum atomic E-state index is 8.51. The van der Waals surface area contributed by atoms with Gasteiger partial charge in [-0.15, -0.1) is 0 Å². The van der Waals surface area contributed by atoms with Crippen molar-refractivity contribution in [3.63, 3.8) is 0 Å². The van der Waals surface area contributed by atoms with E-state index in [9.17, 15) is 0 Å². The van der Waals surface area contributed by atoms with Crippen LogP contribution in [0.5, 0.6) is 0 Å². The van der Waals surface area contributed by atoms with Crippen LogP contribution in [0.25, 0.3) is 0 Å². The van der Waals surface area contributed by atoms with E-state index < -0.39 is 0 Å². The Balaban J connectivity index is 2.94. The Labute approximate surface area is 159 Å². The normalized spacial score (nSPS) is 11.3. The molecule has 0 aromatic carbocycles. The zero-order valence-corrected chi connectivity index (χ0v) is 16.6. The van der Waals surface area contributed by atoms with Crippen LogP contribution in [0.3, 0.4) is 0 Å². The van der Waals surface area contributed by atoms with E-state index in [1.807, 2.05) is 0 Å². The molecule has 0 rings (SSSR count). The lowest BCUT2D eigenvalue weighted by atomic mass is 10.6. The number of rotatable bonds is 22. The fourth-order valence-electron chi connectivity index (χ4n) is 1.54. The molecule has 1 N–H and O–H groups in total. The highest BCUT2D eigenvalue weighted by Gasteiger charge is 1.94. The lowest BCUT2D eigenvalue weighted by molar-refractivity contribution is -0.0210. The van der Waals surface area contributed by atoms with Gasteiger partial charge in [0.25, 0.3) is 0 Å². The van der Waals surface area contributed by atoms with Crippen molar-refractivity contribution >= 4 is 15.9 Å². The number of aliphatic hydroxyl groups excluding tert-OH is 1. The first-order valence-corrected chi connectivity index (χ1v) is 9.75. The van der Waals surface area contributed by atoms with Gasteiger partial charge in [-0.2, -0.15) is 0 Å². The first kappa shape index (κ1) is 25.2. The highest BCUT2D eigenvalue weighted by Crippen LogP contribution is 1.86. The number of halogens is 1. The number of aliphatic hydroxyl groups is 1. The van der Waals surface area contributed by atoms with E-state index in [0.29, 0.717) is 92.5 Å². The van der Waals surface area contributed by atoms with Crippen LogP contribution in [0.4, 0.5) is 0 Å². The Bertz CT molecular complexity index is 214. The molecule has 0 amide bonds. The molecule has 0 unspecified atom stereocenters. The third-order valence-electron chi connectivity index (χ3n) is 2.69. The van der Waals surface area contributed by atoms with Gasteiger partial charge in [-0.25, -0.2) is 0 Å². The molecule has 0 saturated carbocycles. The molecule has 152 valence electrons. The Hall–Kier alpha value is 0.160. The standard InChI is InChI=1S/C16H33BrO8/c17-1-3-19-5-7-21-9-11-23-13-15-25-16-14-24-12-10-22-8-6-20-4-2-18/h18H,1-16H2. The van der Waals surface area contributed by atoms with Crippen LogP contribution in [-0.2, 0) is 33.2 Å². The predicted molar refractivity (Wildman–Crippen MR) is 96.6 cm³/mol. The van der Waals surface area contributed by atoms with E-state index in [0.717, 1.165) is 5.33 Å². The van der Waals surface area contributed by atoms with Crippen molar-refractivity contribution < 1.29 is 38.3 Å². The van der Waals surface area contributed by atoms with Gasteiger partial charge in [0.1, 0.15) is 0 Å². The second kappa shape index (κ2) is 24.2. The summed E-state index contributed by atoms with van der Waals surface area (Å²) in [6.45, 7) is 7.57. The topological polar surface area (TPSA) is 84.8 Å². The Morgan fingerprint density at radius 3 is 0.880 bits per heavy atom. The van der Waals surface area contributed by atoms with E-state index in [-0.39, 0.29) is 6.61 Å². The summed E-state index contributed by atoms with van der Waals surface area (Å²) in [5.41, 5.74) is 0. The smallest absolute Gasteiger partial charge is 0.0701 e. The highest BCUT2D eigenvalue weighted by molar-refractivity contribution is 9.09. The summed E-state index contributed by atoms with van der Waals surface area (Å²) >= 11 is 3.28. The van der Waals surface area contributed by atoms with Gasteiger partial charge in [0.15, 0.2) is 0 Å². The summed E-state index contributed by atoms with van der Waals surface area (Å²) in [6, 6.07) is 0. The average Bonchev–Trinajstić information content (AvgIpc) is 2.63. The summed E-state index contributed by atoms with van der Waals surface area (Å²) in [5.74, 6) is 0. The van der Waals surface area contributed by atoms with Crippen molar-refractivity contribution in [2.75, 3.05) is 104 Å². The SMILES string of the molecule is OCCOCCOCCOCCOCCOCCOCCOCCBr. The van der Waals surface area contributed by atoms with Crippen LogP contribution in [0.15, 0.2) is 0 Å². The summed E-state index contributed by atoms with van der Waals surface area (Å²) in [6.07, 6.45) is 0. The lowest BCUT2D eigenvalue weighted by Crippen LogP contribution is -2.14. The summed E-state index contributed by atoms with van der Waals surface area (Å²) in [5, 5.41) is 9.35. The minimum Gasteiger partial charge on any atom is -0.394 e. The maximum Gasteiger partial charge on any atom is 0.0701 e. The number of hydrogen-bond acceptors (Lipinski definition) is 8. The molecule has 25 heavy (non-hydrogen) atoms. The molecule has 0 heterocycles. The van der Waals surface area contributed by atoms with Gasteiger partial charge in [0.05, 0.1) is 99.1 Å². The Morgan fingerprint density at radius 1 is 0.400 bits per heavy atom. The lowest BCUT2D eigenvalue weighted by Gasteiger charge is -2.08. The molecule has 8 nitrogen and oxygen atoms in total. The minimum absolute atomic E-state index is 0.0369. The monoisotopic (exact) mass is 432 g/mol. The van der Waals surface area contributed by atoms with Gasteiger partial charge in [-0.3, -0.25) is 0 Å². The predicted octanol–water partition coefficient (Wildman–Crippen LogP) is 0.490. The summed E-state index contributed by atoms with van der Waals surface area (Å²) in [7, 11) is 0. The van der Waals surface area contributed by atoms with Crippen LogP contribution < -0.4 is 0 Å². The minimum atomic E-state index is 0.0369. The zero-order chi connectivity index (χ0) is 18.3. The van der Waals surface area contributed by atoms with E-state index in [4.69, 9.17) is 38.3 Å². The second-order valence-corrected chi connectivity index (χ2v) is 5.49. The van der Waals surface area contributed by atoms with Gasteiger partial charge < -0.3 is 38.3 Å². The number of alkyl halides is 1. The first-order chi connectivity index (χ1) is 12.4. The van der Waals surface area contributed by atoms with Gasteiger partial charge in [-0.1, -0.05) is 15.9 Å². The van der Waals surface area contributed by atoms with Crippen molar-refractivity contribution in [1.29, 1.82) is 0 Å². The molecular formula is C16H33BrO8. The molecular weight excluding hydrogens is 400 g/mol. The van der Waals surface area contributed by atoms with Crippen LogP contribution in [0, 0.1) is 0 Å². The third kappa shape index (κ3) is 24.2. The molecule has 0 aliphatic carbocycles. The van der Waals surface area contributed by atoms with Crippen LogP contribution >= 0.6 is 15.9 Å².